The zero-order chi connectivity index (χ0) is 20.4. The third-order valence-corrected chi connectivity index (χ3v) is 6.26. The Kier molecular flexibility index (Phi) is 5.46. The number of ether oxygens (including phenoxy) is 1. The number of halogens is 1. The predicted octanol–water partition coefficient (Wildman–Crippen LogP) is 4.36. The molecule has 29 heavy (non-hydrogen) atoms. The fraction of sp³-hybridized carbons (Fsp3) is 0.333. The maximum absolute atomic E-state index is 12.4. The molecular weight excluding hydrogens is 386 g/mol. The van der Waals surface area contributed by atoms with Gasteiger partial charge < -0.3 is 10.1 Å². The second-order valence-electron chi connectivity index (χ2n) is 8.09. The van der Waals surface area contributed by atoms with Crippen molar-refractivity contribution in [2.45, 2.75) is 25.7 Å². The molecule has 1 aliphatic heterocycles. The summed E-state index contributed by atoms with van der Waals surface area (Å²) in [6, 6.07) is 15.1. The molecule has 4 nitrogen and oxygen atoms in total. The Labute approximate surface area is 175 Å². The van der Waals surface area contributed by atoms with Gasteiger partial charge in [-0.3, -0.25) is 9.59 Å². The zero-order valence-electron chi connectivity index (χ0n) is 16.2. The molecule has 5 heteroatoms. The summed E-state index contributed by atoms with van der Waals surface area (Å²) in [6.45, 7) is 5.11. The number of cyclic esters (lactones) is 1. The van der Waals surface area contributed by atoms with E-state index in [4.69, 9.17) is 16.3 Å². The van der Waals surface area contributed by atoms with E-state index >= 15 is 0 Å². The van der Waals surface area contributed by atoms with Gasteiger partial charge in [-0.2, -0.15) is 0 Å². The number of fused-ring (bicyclic) bond motifs is 1. The first kappa shape index (κ1) is 19.7. The molecule has 0 aromatic heterocycles. The Bertz CT molecular complexity index is 953. The van der Waals surface area contributed by atoms with E-state index in [-0.39, 0.29) is 17.8 Å². The minimum absolute atomic E-state index is 0.107. The van der Waals surface area contributed by atoms with E-state index in [1.807, 2.05) is 48.5 Å². The van der Waals surface area contributed by atoms with Gasteiger partial charge in [-0.15, -0.1) is 0 Å². The summed E-state index contributed by atoms with van der Waals surface area (Å²) >= 11 is 5.99. The summed E-state index contributed by atoms with van der Waals surface area (Å²) in [5.74, 6) is 0.00471. The zero-order valence-corrected chi connectivity index (χ0v) is 17.0. The van der Waals surface area contributed by atoms with Crippen LogP contribution >= 0.6 is 11.6 Å². The van der Waals surface area contributed by atoms with Crippen LogP contribution in [0.5, 0.6) is 0 Å². The van der Waals surface area contributed by atoms with Gasteiger partial charge in [0, 0.05) is 23.0 Å². The number of carbonyl (C=O) groups is 2. The van der Waals surface area contributed by atoms with Crippen LogP contribution in [0.3, 0.4) is 0 Å². The van der Waals surface area contributed by atoms with Crippen molar-refractivity contribution in [1.82, 2.24) is 5.32 Å². The lowest BCUT2D eigenvalue weighted by atomic mass is 9.75. The van der Waals surface area contributed by atoms with Gasteiger partial charge in [-0.1, -0.05) is 48.0 Å². The number of allylic oxidation sites excluding steroid dienone is 1. The van der Waals surface area contributed by atoms with Gasteiger partial charge in [-0.05, 0) is 61.1 Å². The van der Waals surface area contributed by atoms with Gasteiger partial charge in [0.15, 0.2) is 0 Å². The lowest BCUT2D eigenvalue weighted by molar-refractivity contribution is -0.146. The van der Waals surface area contributed by atoms with Crippen LogP contribution in [-0.4, -0.2) is 25.0 Å². The largest absolute Gasteiger partial charge is 0.465 e. The average Bonchev–Trinajstić information content (AvgIpc) is 3.16. The maximum atomic E-state index is 12.4. The highest BCUT2D eigenvalue weighted by Gasteiger charge is 2.55. The first-order valence-corrected chi connectivity index (χ1v) is 10.3. The third-order valence-electron chi connectivity index (χ3n) is 6.03. The van der Waals surface area contributed by atoms with Crippen LogP contribution in [-0.2, 0) is 22.4 Å². The van der Waals surface area contributed by atoms with E-state index in [1.54, 1.807) is 0 Å². The fourth-order valence-electron chi connectivity index (χ4n) is 4.52. The molecule has 2 unspecified atom stereocenters. The van der Waals surface area contributed by atoms with Crippen LogP contribution in [0.25, 0.3) is 0 Å². The van der Waals surface area contributed by atoms with Crippen molar-refractivity contribution < 1.29 is 14.3 Å². The first-order valence-electron chi connectivity index (χ1n) is 9.92. The van der Waals surface area contributed by atoms with Crippen LogP contribution in [0.2, 0.25) is 5.02 Å². The van der Waals surface area contributed by atoms with Crippen molar-refractivity contribution in [3.63, 3.8) is 0 Å². The summed E-state index contributed by atoms with van der Waals surface area (Å²) < 4.78 is 5.34. The highest BCUT2D eigenvalue weighted by molar-refractivity contribution is 6.30. The topological polar surface area (TPSA) is 55.4 Å². The first-order chi connectivity index (χ1) is 14.0. The van der Waals surface area contributed by atoms with Crippen molar-refractivity contribution in [2.24, 2.45) is 11.3 Å². The van der Waals surface area contributed by atoms with E-state index in [0.29, 0.717) is 36.6 Å². The minimum atomic E-state index is -0.474. The van der Waals surface area contributed by atoms with Gasteiger partial charge >= 0.3 is 5.97 Å². The van der Waals surface area contributed by atoms with Crippen LogP contribution in [0.15, 0.2) is 60.7 Å². The quantitative estimate of drug-likeness (QED) is 0.569. The molecule has 4 rings (SSSR count). The molecule has 1 saturated carbocycles. The Morgan fingerprint density at radius 1 is 1.21 bits per heavy atom. The molecule has 0 spiro atoms. The van der Waals surface area contributed by atoms with Gasteiger partial charge in [0.05, 0.1) is 12.0 Å². The molecule has 2 atom stereocenters. The third kappa shape index (κ3) is 4.08. The van der Waals surface area contributed by atoms with Gasteiger partial charge in [0.25, 0.3) is 5.91 Å². The molecule has 1 heterocycles. The Morgan fingerprint density at radius 2 is 2.00 bits per heavy atom. The van der Waals surface area contributed by atoms with Gasteiger partial charge in [0.2, 0.25) is 0 Å². The number of esters is 1. The smallest absolute Gasteiger partial charge is 0.313 e. The van der Waals surface area contributed by atoms with Crippen LogP contribution < -0.4 is 5.32 Å². The second kappa shape index (κ2) is 8.03. The Hall–Kier alpha value is -2.59. The minimum Gasteiger partial charge on any atom is -0.465 e. The highest BCUT2D eigenvalue weighted by atomic mass is 35.5. The SMILES string of the molecule is C=C1CC2COC(=O)C2(Cc2ccc(C(=O)NCCc3cccc(Cl)c3)cc2)C1. The summed E-state index contributed by atoms with van der Waals surface area (Å²) in [4.78, 5) is 24.8. The molecule has 2 aliphatic rings. The van der Waals surface area contributed by atoms with E-state index in [9.17, 15) is 9.59 Å². The highest BCUT2D eigenvalue weighted by Crippen LogP contribution is 2.52. The summed E-state index contributed by atoms with van der Waals surface area (Å²) in [5, 5.41) is 3.64. The van der Waals surface area contributed by atoms with Crippen LogP contribution in [0, 0.1) is 11.3 Å². The molecule has 2 aromatic rings. The Balaban J connectivity index is 1.36. The molecule has 1 aliphatic carbocycles. The van der Waals surface area contributed by atoms with E-state index < -0.39 is 5.41 Å². The molecule has 0 radical (unpaired) electrons. The van der Waals surface area contributed by atoms with E-state index in [1.165, 1.54) is 0 Å². The maximum Gasteiger partial charge on any atom is 0.313 e. The van der Waals surface area contributed by atoms with Crippen molar-refractivity contribution in [3.8, 4) is 0 Å². The van der Waals surface area contributed by atoms with Crippen molar-refractivity contribution in [2.75, 3.05) is 13.2 Å². The van der Waals surface area contributed by atoms with E-state index in [2.05, 4.69) is 11.9 Å². The summed E-state index contributed by atoms with van der Waals surface area (Å²) in [5.41, 5.74) is 3.39. The molecule has 1 N–H and O–H groups in total. The summed E-state index contributed by atoms with van der Waals surface area (Å²) in [6.07, 6.45) is 2.91. The molecule has 0 bridgehead atoms. The van der Waals surface area contributed by atoms with Crippen molar-refractivity contribution in [1.29, 1.82) is 0 Å². The standard InChI is InChI=1S/C24H24ClNO3/c1-16-11-20-15-29-23(28)24(20,13-16)14-18-5-7-19(8-6-18)22(27)26-10-9-17-3-2-4-21(25)12-17/h2-8,12,20H,1,9-11,13-15H2,(H,26,27). The fourth-order valence-corrected chi connectivity index (χ4v) is 4.73. The van der Waals surface area contributed by atoms with E-state index in [0.717, 1.165) is 29.5 Å². The predicted molar refractivity (Wildman–Crippen MR) is 113 cm³/mol. The lowest BCUT2D eigenvalue weighted by Gasteiger charge is -2.24. The molecule has 1 amide bonds. The normalized spacial score (nSPS) is 23.0. The van der Waals surface area contributed by atoms with Crippen LogP contribution in [0.1, 0.15) is 34.3 Å². The number of rotatable bonds is 6. The van der Waals surface area contributed by atoms with Gasteiger partial charge in [-0.25, -0.2) is 0 Å². The van der Waals surface area contributed by atoms with Crippen molar-refractivity contribution >= 4 is 23.5 Å². The molecule has 1 saturated heterocycles. The number of benzene rings is 2. The molecule has 2 aromatic carbocycles. The number of carbonyl (C=O) groups excluding carboxylic acids is 2. The second-order valence-corrected chi connectivity index (χ2v) is 8.53. The number of hydrogen-bond acceptors (Lipinski definition) is 3. The van der Waals surface area contributed by atoms with Crippen molar-refractivity contribution in [3.05, 3.63) is 82.4 Å². The Morgan fingerprint density at radius 3 is 2.76 bits per heavy atom. The van der Waals surface area contributed by atoms with Gasteiger partial charge in [0.1, 0.15) is 0 Å². The monoisotopic (exact) mass is 409 g/mol. The number of hydrogen-bond donors (Lipinski definition) is 1. The average molecular weight is 410 g/mol. The molecular formula is C24H24ClNO3. The number of nitrogens with one attached hydrogen (secondary N) is 1. The molecule has 2 fully saturated rings. The van der Waals surface area contributed by atoms with Crippen LogP contribution in [0.4, 0.5) is 0 Å². The lowest BCUT2D eigenvalue weighted by Crippen LogP contribution is -2.31. The number of amides is 1. The molecule has 150 valence electrons. The summed E-state index contributed by atoms with van der Waals surface area (Å²) in [7, 11) is 0.